The number of carbonyl (C=O) groups excluding carboxylic acids is 1. The molecule has 0 unspecified atom stereocenters. The summed E-state index contributed by atoms with van der Waals surface area (Å²) in [4.78, 5) is 12.0. The van der Waals surface area contributed by atoms with Crippen LogP contribution in [0.2, 0.25) is 0 Å². The van der Waals surface area contributed by atoms with Gasteiger partial charge in [0.15, 0.2) is 5.69 Å². The topological polar surface area (TPSA) is 66.9 Å². The Morgan fingerprint density at radius 3 is 2.36 bits per heavy atom. The van der Waals surface area contributed by atoms with E-state index in [1.807, 2.05) is 51.1 Å². The number of nitrogens with zero attached hydrogens (tertiary/aromatic N) is 2. The summed E-state index contributed by atoms with van der Waals surface area (Å²) in [6.45, 7) is 6.70. The summed E-state index contributed by atoms with van der Waals surface area (Å²) in [7, 11) is 0. The first-order valence-electron chi connectivity index (χ1n) is 7.38. The molecule has 0 aliphatic rings. The van der Waals surface area contributed by atoms with Gasteiger partial charge in [0.25, 0.3) is 5.91 Å². The third-order valence-corrected chi connectivity index (χ3v) is 2.94. The summed E-state index contributed by atoms with van der Waals surface area (Å²) in [5, 5.41) is 14.1. The van der Waals surface area contributed by atoms with Crippen molar-refractivity contribution < 1.29 is 4.79 Å². The van der Waals surface area contributed by atoms with Gasteiger partial charge in [0.05, 0.1) is 0 Å². The quantitative estimate of drug-likeness (QED) is 0.890. The Morgan fingerprint density at radius 2 is 1.77 bits per heavy atom. The molecule has 2 rings (SSSR count). The van der Waals surface area contributed by atoms with E-state index in [9.17, 15) is 4.79 Å². The van der Waals surface area contributed by atoms with E-state index < -0.39 is 0 Å². The number of aromatic nitrogens is 2. The van der Waals surface area contributed by atoms with Gasteiger partial charge in [-0.2, -0.15) is 0 Å². The molecular weight excluding hydrogens is 276 g/mol. The molecule has 1 heterocycles. The molecule has 5 heteroatoms. The van der Waals surface area contributed by atoms with E-state index in [2.05, 4.69) is 20.8 Å². The molecule has 0 aliphatic heterocycles. The second-order valence-corrected chi connectivity index (χ2v) is 6.17. The first-order chi connectivity index (χ1) is 10.4. The Labute approximate surface area is 131 Å². The predicted octanol–water partition coefficient (Wildman–Crippen LogP) is 2.66. The maximum absolute atomic E-state index is 12.0. The number of anilines is 1. The molecule has 116 valence electrons. The van der Waals surface area contributed by atoms with Crippen LogP contribution in [-0.4, -0.2) is 28.2 Å². The summed E-state index contributed by atoms with van der Waals surface area (Å²) in [6.07, 6.45) is 0.795. The van der Waals surface area contributed by atoms with Crippen molar-refractivity contribution in [2.24, 2.45) is 0 Å². The number of nitrogens with one attached hydrogen (secondary N) is 2. The maximum atomic E-state index is 12.0. The van der Waals surface area contributed by atoms with Crippen LogP contribution in [0.1, 0.15) is 36.8 Å². The Kier molecular flexibility index (Phi) is 5.09. The number of amides is 1. The molecular formula is C17H22N4O. The fourth-order valence-electron chi connectivity index (χ4n) is 1.96. The van der Waals surface area contributed by atoms with Crippen molar-refractivity contribution in [3.8, 4) is 0 Å². The molecule has 2 N–H and O–H groups in total. The van der Waals surface area contributed by atoms with Gasteiger partial charge in [-0.05, 0) is 44.9 Å². The summed E-state index contributed by atoms with van der Waals surface area (Å²) in [5.74, 6) is 0.457. The lowest BCUT2D eigenvalue weighted by molar-refractivity contribution is 0.0948. The van der Waals surface area contributed by atoms with Gasteiger partial charge >= 0.3 is 0 Å². The molecule has 0 saturated carbocycles. The highest BCUT2D eigenvalue weighted by Gasteiger charge is 2.12. The second-order valence-electron chi connectivity index (χ2n) is 6.17. The monoisotopic (exact) mass is 298 g/mol. The van der Waals surface area contributed by atoms with Gasteiger partial charge < -0.3 is 10.6 Å². The molecule has 2 aromatic rings. The second kappa shape index (κ2) is 7.02. The first kappa shape index (κ1) is 15.9. The van der Waals surface area contributed by atoms with E-state index in [-0.39, 0.29) is 11.4 Å². The van der Waals surface area contributed by atoms with Gasteiger partial charge in [-0.15, -0.1) is 10.2 Å². The van der Waals surface area contributed by atoms with Gasteiger partial charge in [0.1, 0.15) is 5.82 Å². The van der Waals surface area contributed by atoms with Gasteiger partial charge in [-0.1, -0.05) is 30.3 Å². The highest BCUT2D eigenvalue weighted by molar-refractivity contribution is 5.92. The number of carbonyl (C=O) groups is 1. The van der Waals surface area contributed by atoms with Crippen molar-refractivity contribution in [3.05, 3.63) is 53.7 Å². The first-order valence-corrected chi connectivity index (χ1v) is 7.38. The lowest BCUT2D eigenvalue weighted by Crippen LogP contribution is -2.28. The third-order valence-electron chi connectivity index (χ3n) is 2.94. The minimum absolute atomic E-state index is 0.0891. The van der Waals surface area contributed by atoms with Gasteiger partial charge in [-0.3, -0.25) is 4.79 Å². The van der Waals surface area contributed by atoms with Crippen molar-refractivity contribution in [2.45, 2.75) is 32.7 Å². The molecule has 0 atom stereocenters. The average molecular weight is 298 g/mol. The fraction of sp³-hybridized carbons (Fsp3) is 0.353. The van der Waals surface area contributed by atoms with Crippen LogP contribution in [0.5, 0.6) is 0 Å². The molecule has 0 saturated heterocycles. The fourth-order valence-corrected chi connectivity index (χ4v) is 1.96. The van der Waals surface area contributed by atoms with Crippen LogP contribution in [0.15, 0.2) is 42.5 Å². The van der Waals surface area contributed by atoms with Crippen molar-refractivity contribution in [1.29, 1.82) is 0 Å². The van der Waals surface area contributed by atoms with Gasteiger partial charge in [-0.25, -0.2) is 0 Å². The Hall–Kier alpha value is -2.43. The molecule has 0 aliphatic carbocycles. The highest BCUT2D eigenvalue weighted by Crippen LogP contribution is 2.10. The largest absolute Gasteiger partial charge is 0.364 e. The Balaban J connectivity index is 1.85. The molecule has 0 fully saturated rings. The van der Waals surface area contributed by atoms with E-state index in [1.165, 1.54) is 5.56 Å². The maximum Gasteiger partial charge on any atom is 0.271 e. The third kappa shape index (κ3) is 5.16. The smallest absolute Gasteiger partial charge is 0.271 e. The predicted molar refractivity (Wildman–Crippen MR) is 87.9 cm³/mol. The molecule has 1 amide bonds. The van der Waals surface area contributed by atoms with Crippen molar-refractivity contribution in [1.82, 2.24) is 15.5 Å². The molecule has 0 radical (unpaired) electrons. The lowest BCUT2D eigenvalue weighted by Gasteiger charge is -2.20. The zero-order valence-corrected chi connectivity index (χ0v) is 13.3. The normalized spacial score (nSPS) is 11.0. The van der Waals surface area contributed by atoms with E-state index in [4.69, 9.17) is 0 Å². The summed E-state index contributed by atoms with van der Waals surface area (Å²) in [5.41, 5.74) is 1.43. The van der Waals surface area contributed by atoms with Crippen LogP contribution in [0.4, 0.5) is 5.82 Å². The highest BCUT2D eigenvalue weighted by atomic mass is 16.1. The zero-order chi connectivity index (χ0) is 16.0. The number of hydrogen-bond acceptors (Lipinski definition) is 4. The van der Waals surface area contributed by atoms with Gasteiger partial charge in [0.2, 0.25) is 0 Å². The SMILES string of the molecule is CC(C)(C)Nc1ccc(C(=O)NCCc2ccccc2)nn1. The molecule has 1 aromatic heterocycles. The van der Waals surface area contributed by atoms with E-state index in [0.717, 1.165) is 6.42 Å². The van der Waals surface area contributed by atoms with Crippen LogP contribution in [0, 0.1) is 0 Å². The van der Waals surface area contributed by atoms with Crippen LogP contribution in [0.25, 0.3) is 0 Å². The number of rotatable bonds is 5. The minimum atomic E-state index is -0.203. The summed E-state index contributed by atoms with van der Waals surface area (Å²) < 4.78 is 0. The van der Waals surface area contributed by atoms with Crippen molar-refractivity contribution >= 4 is 11.7 Å². The Bertz CT molecular complexity index is 603. The molecule has 0 spiro atoms. The molecule has 0 bridgehead atoms. The van der Waals surface area contributed by atoms with Crippen LogP contribution in [0.3, 0.4) is 0 Å². The van der Waals surface area contributed by atoms with Gasteiger partial charge in [0, 0.05) is 12.1 Å². The van der Waals surface area contributed by atoms with Crippen LogP contribution in [-0.2, 0) is 6.42 Å². The van der Waals surface area contributed by atoms with Crippen LogP contribution >= 0.6 is 0 Å². The lowest BCUT2D eigenvalue weighted by atomic mass is 10.1. The minimum Gasteiger partial charge on any atom is -0.364 e. The average Bonchev–Trinajstić information content (AvgIpc) is 2.47. The molecule has 5 nitrogen and oxygen atoms in total. The van der Waals surface area contributed by atoms with Crippen molar-refractivity contribution in [2.75, 3.05) is 11.9 Å². The zero-order valence-electron chi connectivity index (χ0n) is 13.3. The molecule has 22 heavy (non-hydrogen) atoms. The number of hydrogen-bond donors (Lipinski definition) is 2. The summed E-state index contributed by atoms with van der Waals surface area (Å²) >= 11 is 0. The van der Waals surface area contributed by atoms with E-state index in [1.54, 1.807) is 12.1 Å². The Morgan fingerprint density at radius 1 is 1.05 bits per heavy atom. The van der Waals surface area contributed by atoms with Crippen LogP contribution < -0.4 is 10.6 Å². The number of benzene rings is 1. The van der Waals surface area contributed by atoms with E-state index in [0.29, 0.717) is 18.1 Å². The molecule has 1 aromatic carbocycles. The van der Waals surface area contributed by atoms with Crippen molar-refractivity contribution in [3.63, 3.8) is 0 Å². The summed E-state index contributed by atoms with van der Waals surface area (Å²) in [6, 6.07) is 13.5. The standard InChI is InChI=1S/C17H22N4O/c1-17(2,3)19-15-10-9-14(20-21-15)16(22)18-12-11-13-7-5-4-6-8-13/h4-10H,11-12H2,1-3H3,(H,18,22)(H,19,21). The van der Waals surface area contributed by atoms with E-state index >= 15 is 0 Å².